The second kappa shape index (κ2) is 9.53. The van der Waals surface area contributed by atoms with E-state index in [2.05, 4.69) is 31.8 Å². The monoisotopic (exact) mass is 480 g/mol. The number of aromatic nitrogens is 5. The predicted octanol–water partition coefficient (Wildman–Crippen LogP) is 3.86. The molecule has 0 saturated carbocycles. The molecule has 0 unspecified atom stereocenters. The lowest BCUT2D eigenvalue weighted by atomic mass is 10.0. The van der Waals surface area contributed by atoms with E-state index in [1.54, 1.807) is 23.6 Å². The van der Waals surface area contributed by atoms with Crippen molar-refractivity contribution in [1.29, 1.82) is 0 Å². The van der Waals surface area contributed by atoms with Crippen molar-refractivity contribution in [3.63, 3.8) is 0 Å². The van der Waals surface area contributed by atoms with Crippen LogP contribution in [0.1, 0.15) is 18.2 Å². The zero-order valence-corrected chi connectivity index (χ0v) is 19.8. The summed E-state index contributed by atoms with van der Waals surface area (Å²) in [6.45, 7) is 7.64. The summed E-state index contributed by atoms with van der Waals surface area (Å²) in [5.41, 5.74) is 2.44. The van der Waals surface area contributed by atoms with Crippen LogP contribution in [0, 0.1) is 24.5 Å². The van der Waals surface area contributed by atoms with Crippen LogP contribution < -0.4 is 9.47 Å². The second-order valence-corrected chi connectivity index (χ2v) is 8.66. The predicted molar refractivity (Wildman–Crippen MR) is 126 cm³/mol. The number of imidazole rings is 1. The highest BCUT2D eigenvalue weighted by atomic mass is 19.1. The van der Waals surface area contributed by atoms with Gasteiger partial charge in [-0.25, -0.2) is 13.8 Å². The Kier molecular flexibility index (Phi) is 6.29. The summed E-state index contributed by atoms with van der Waals surface area (Å²) < 4.78 is 41.9. The lowest BCUT2D eigenvalue weighted by Gasteiger charge is -2.38. The lowest BCUT2D eigenvalue weighted by molar-refractivity contribution is 0.0670. The number of fused-ring (bicyclic) bond motifs is 1. The van der Waals surface area contributed by atoms with Gasteiger partial charge < -0.3 is 18.9 Å². The van der Waals surface area contributed by atoms with Crippen LogP contribution in [0.25, 0.3) is 22.6 Å². The molecule has 0 aliphatic carbocycles. The van der Waals surface area contributed by atoms with Crippen LogP contribution in [0.2, 0.25) is 0 Å². The number of benzene rings is 1. The second-order valence-electron chi connectivity index (χ2n) is 8.66. The average molecular weight is 481 g/mol. The summed E-state index contributed by atoms with van der Waals surface area (Å²) in [6.07, 6.45) is 2.63. The standard InChI is InChI=1S/C25H26F2N6O2/c1-4-32-11-16(12-32)14-35-20-6-5-17(21(27)8-20)13-33-23(18-7-19(26)10-28-9-18)30-22-15(2)29-25(34-3)31-24(22)33/h5-10,16H,4,11-14H2,1-3H3. The van der Waals surface area contributed by atoms with Gasteiger partial charge in [0.2, 0.25) is 0 Å². The molecule has 4 aromatic rings. The van der Waals surface area contributed by atoms with Crippen LogP contribution in [-0.4, -0.2) is 62.8 Å². The van der Waals surface area contributed by atoms with Gasteiger partial charge in [-0.15, -0.1) is 0 Å². The van der Waals surface area contributed by atoms with E-state index in [0.717, 1.165) is 25.8 Å². The molecule has 1 aliphatic rings. The molecule has 10 heteroatoms. The van der Waals surface area contributed by atoms with Crippen molar-refractivity contribution < 1.29 is 18.3 Å². The van der Waals surface area contributed by atoms with Crippen molar-refractivity contribution in [2.45, 2.75) is 20.4 Å². The van der Waals surface area contributed by atoms with Crippen molar-refractivity contribution in [1.82, 2.24) is 29.4 Å². The molecule has 0 N–H and O–H groups in total. The Balaban J connectivity index is 1.47. The molecule has 182 valence electrons. The number of hydrogen-bond donors (Lipinski definition) is 0. The van der Waals surface area contributed by atoms with Gasteiger partial charge in [-0.05, 0) is 25.6 Å². The molecule has 0 bridgehead atoms. The average Bonchev–Trinajstić information content (AvgIpc) is 3.18. The number of halogens is 2. The largest absolute Gasteiger partial charge is 0.493 e. The van der Waals surface area contributed by atoms with Gasteiger partial charge in [0.05, 0.1) is 32.2 Å². The van der Waals surface area contributed by atoms with Crippen LogP contribution in [0.3, 0.4) is 0 Å². The van der Waals surface area contributed by atoms with Crippen LogP contribution in [0.15, 0.2) is 36.7 Å². The zero-order valence-electron chi connectivity index (χ0n) is 19.8. The maximum absolute atomic E-state index is 15.2. The molecule has 1 aliphatic heterocycles. The molecule has 1 aromatic carbocycles. The fourth-order valence-corrected chi connectivity index (χ4v) is 4.28. The van der Waals surface area contributed by atoms with Gasteiger partial charge in [-0.2, -0.15) is 9.97 Å². The number of likely N-dealkylation sites (tertiary alicyclic amines) is 1. The third kappa shape index (κ3) is 4.66. The van der Waals surface area contributed by atoms with Gasteiger partial charge >= 0.3 is 6.01 Å². The Morgan fingerprint density at radius 2 is 1.91 bits per heavy atom. The van der Waals surface area contributed by atoms with Crippen LogP contribution in [0.4, 0.5) is 8.78 Å². The van der Waals surface area contributed by atoms with Crippen molar-refractivity contribution >= 4 is 11.2 Å². The lowest BCUT2D eigenvalue weighted by Crippen LogP contribution is -2.48. The number of ether oxygens (including phenoxy) is 2. The van der Waals surface area contributed by atoms with E-state index in [1.807, 2.05) is 0 Å². The van der Waals surface area contributed by atoms with Crippen LogP contribution in [-0.2, 0) is 6.54 Å². The van der Waals surface area contributed by atoms with E-state index in [1.165, 1.54) is 25.4 Å². The third-order valence-electron chi connectivity index (χ3n) is 6.21. The third-order valence-corrected chi connectivity index (χ3v) is 6.21. The van der Waals surface area contributed by atoms with Gasteiger partial charge in [0.15, 0.2) is 5.65 Å². The highest BCUT2D eigenvalue weighted by Crippen LogP contribution is 2.29. The number of nitrogens with zero attached hydrogens (tertiary/aromatic N) is 6. The van der Waals surface area contributed by atoms with Crippen molar-refractivity contribution in [3.05, 3.63) is 59.6 Å². The fraction of sp³-hybridized carbons (Fsp3) is 0.360. The highest BCUT2D eigenvalue weighted by Gasteiger charge is 2.25. The Morgan fingerprint density at radius 1 is 1.09 bits per heavy atom. The van der Waals surface area contributed by atoms with Crippen molar-refractivity contribution in [3.8, 4) is 23.1 Å². The summed E-state index contributed by atoms with van der Waals surface area (Å²) in [4.78, 5) is 19.6. The molecule has 5 rings (SSSR count). The van der Waals surface area contributed by atoms with E-state index in [-0.39, 0.29) is 12.6 Å². The Labute approximate surface area is 201 Å². The summed E-state index contributed by atoms with van der Waals surface area (Å²) in [6, 6.07) is 6.35. The Bertz CT molecular complexity index is 1370. The van der Waals surface area contributed by atoms with E-state index in [9.17, 15) is 4.39 Å². The molecule has 0 spiro atoms. The quantitative estimate of drug-likeness (QED) is 0.379. The van der Waals surface area contributed by atoms with Crippen LogP contribution >= 0.6 is 0 Å². The minimum absolute atomic E-state index is 0.113. The molecule has 0 atom stereocenters. The van der Waals surface area contributed by atoms with Gasteiger partial charge in [0.25, 0.3) is 0 Å². The molecule has 4 heterocycles. The first-order valence-corrected chi connectivity index (χ1v) is 11.5. The summed E-state index contributed by atoms with van der Waals surface area (Å²) in [5, 5.41) is 0. The smallest absolute Gasteiger partial charge is 0.318 e. The van der Waals surface area contributed by atoms with E-state index < -0.39 is 11.6 Å². The zero-order chi connectivity index (χ0) is 24.5. The number of pyridine rings is 1. The van der Waals surface area contributed by atoms with Gasteiger partial charge in [0, 0.05) is 42.4 Å². The van der Waals surface area contributed by atoms with Crippen molar-refractivity contribution in [2.24, 2.45) is 5.92 Å². The molecule has 0 radical (unpaired) electrons. The first-order chi connectivity index (χ1) is 16.9. The first kappa shape index (κ1) is 23.1. The van der Waals surface area contributed by atoms with Gasteiger partial charge in [-0.3, -0.25) is 4.98 Å². The minimum atomic E-state index is -0.498. The molecule has 0 amide bonds. The van der Waals surface area contributed by atoms with E-state index in [4.69, 9.17) is 9.47 Å². The first-order valence-electron chi connectivity index (χ1n) is 11.5. The molecule has 1 saturated heterocycles. The normalized spacial score (nSPS) is 14.3. The van der Waals surface area contributed by atoms with E-state index in [0.29, 0.717) is 52.1 Å². The molecular weight excluding hydrogens is 454 g/mol. The van der Waals surface area contributed by atoms with Crippen LogP contribution in [0.5, 0.6) is 11.8 Å². The SMILES string of the molecule is CCN1CC(COc2ccc(Cn3c(-c4cncc(F)c4)nc4c(C)nc(OC)nc43)c(F)c2)C1. The minimum Gasteiger partial charge on any atom is -0.493 e. The summed E-state index contributed by atoms with van der Waals surface area (Å²) >= 11 is 0. The number of hydrogen-bond acceptors (Lipinski definition) is 7. The number of methoxy groups -OCH3 is 1. The molecular formula is C25H26F2N6O2. The molecule has 1 fully saturated rings. The Hall–Kier alpha value is -3.66. The van der Waals surface area contributed by atoms with Gasteiger partial charge in [0.1, 0.15) is 28.7 Å². The number of rotatable bonds is 8. The fourth-order valence-electron chi connectivity index (χ4n) is 4.28. The molecule has 35 heavy (non-hydrogen) atoms. The van der Waals surface area contributed by atoms with E-state index >= 15 is 4.39 Å². The summed E-state index contributed by atoms with van der Waals surface area (Å²) in [7, 11) is 1.47. The topological polar surface area (TPSA) is 78.2 Å². The Morgan fingerprint density at radius 3 is 2.63 bits per heavy atom. The maximum Gasteiger partial charge on any atom is 0.318 e. The molecule has 8 nitrogen and oxygen atoms in total. The van der Waals surface area contributed by atoms with Gasteiger partial charge in [-0.1, -0.05) is 13.0 Å². The maximum atomic E-state index is 15.2. The van der Waals surface area contributed by atoms with Crippen molar-refractivity contribution in [2.75, 3.05) is 33.4 Å². The number of aryl methyl sites for hydroxylation is 1. The highest BCUT2D eigenvalue weighted by molar-refractivity contribution is 5.79. The molecule has 3 aromatic heterocycles. The summed E-state index contributed by atoms with van der Waals surface area (Å²) in [5.74, 6) is 0.459.